The van der Waals surface area contributed by atoms with E-state index in [2.05, 4.69) is 20.5 Å². The Balaban J connectivity index is 2.25. The van der Waals surface area contributed by atoms with Crippen molar-refractivity contribution >= 4 is 11.8 Å². The van der Waals surface area contributed by atoms with E-state index in [1.165, 1.54) is 18.2 Å². The molecule has 14 heavy (non-hydrogen) atoms. The van der Waals surface area contributed by atoms with Crippen molar-refractivity contribution in [3.8, 4) is 0 Å². The van der Waals surface area contributed by atoms with E-state index in [9.17, 15) is 0 Å². The third-order valence-corrected chi connectivity index (χ3v) is 2.99. The fourth-order valence-electron chi connectivity index (χ4n) is 1.72. The van der Waals surface area contributed by atoms with E-state index in [-0.39, 0.29) is 0 Å². The van der Waals surface area contributed by atoms with Gasteiger partial charge < -0.3 is 5.32 Å². The molecule has 1 aromatic heterocycles. The zero-order chi connectivity index (χ0) is 9.97. The third-order valence-electron chi connectivity index (χ3n) is 2.45. The van der Waals surface area contributed by atoms with E-state index in [4.69, 9.17) is 0 Å². The maximum atomic E-state index is 4.39. The fraction of sp³-hybridized carbons (Fsp3) is 0.667. The molecular weight excluding hydrogens is 196 g/mol. The second kappa shape index (κ2) is 4.23. The molecule has 5 heteroatoms. The van der Waals surface area contributed by atoms with Gasteiger partial charge in [0.1, 0.15) is 5.69 Å². The monoisotopic (exact) mass is 210 g/mol. The number of aryl methyl sites for hydroxylation is 1. The summed E-state index contributed by atoms with van der Waals surface area (Å²) in [6, 6.07) is 0.367. The summed E-state index contributed by atoms with van der Waals surface area (Å²) in [5.74, 6) is 0. The summed E-state index contributed by atoms with van der Waals surface area (Å²) in [5, 5.41) is 12.5. The molecule has 0 bridgehead atoms. The van der Waals surface area contributed by atoms with Crippen LogP contribution in [-0.4, -0.2) is 28.0 Å². The highest BCUT2D eigenvalue weighted by Gasteiger charge is 2.20. The maximum absolute atomic E-state index is 4.39. The summed E-state index contributed by atoms with van der Waals surface area (Å²) in [6.07, 6.45) is 4.33. The third kappa shape index (κ3) is 1.88. The first-order valence-corrected chi connectivity index (χ1v) is 6.02. The van der Waals surface area contributed by atoms with Gasteiger partial charge >= 0.3 is 0 Å². The second-order valence-corrected chi connectivity index (χ2v) is 4.19. The van der Waals surface area contributed by atoms with Crippen molar-refractivity contribution in [2.45, 2.75) is 31.0 Å². The molecule has 1 aliphatic rings. The van der Waals surface area contributed by atoms with Crippen molar-refractivity contribution in [3.63, 3.8) is 0 Å². The van der Waals surface area contributed by atoms with Gasteiger partial charge in [0.25, 0.3) is 0 Å². The molecule has 1 saturated heterocycles. The van der Waals surface area contributed by atoms with Crippen molar-refractivity contribution in [2.24, 2.45) is 0 Å². The van der Waals surface area contributed by atoms with Crippen LogP contribution in [0.2, 0.25) is 0 Å². The second-order valence-electron chi connectivity index (χ2n) is 3.42. The molecule has 0 aliphatic carbocycles. The van der Waals surface area contributed by atoms with Crippen molar-refractivity contribution in [1.29, 1.82) is 0 Å². The van der Waals surface area contributed by atoms with Crippen LogP contribution >= 0.6 is 11.8 Å². The van der Waals surface area contributed by atoms with Gasteiger partial charge in [0.2, 0.25) is 5.16 Å². The summed E-state index contributed by atoms with van der Waals surface area (Å²) in [5.41, 5.74) is 2.02. The molecule has 1 unspecified atom stereocenters. The molecule has 1 N–H and O–H groups in total. The van der Waals surface area contributed by atoms with Crippen LogP contribution in [0, 0.1) is 6.92 Å². The average Bonchev–Trinajstić information content (AvgIpc) is 2.70. The molecule has 0 saturated carbocycles. The lowest BCUT2D eigenvalue weighted by atomic mass is 10.1. The molecule has 1 atom stereocenters. The molecule has 76 valence electrons. The summed E-state index contributed by atoms with van der Waals surface area (Å²) < 4.78 is 0. The van der Waals surface area contributed by atoms with Crippen molar-refractivity contribution < 1.29 is 0 Å². The standard InChI is InChI=1S/C9H14N4S/c1-6-8(7-4-3-5-10-7)12-13-9(11-6)14-2/h7,10H,3-5H2,1-2H3. The van der Waals surface area contributed by atoms with Gasteiger partial charge in [-0.3, -0.25) is 0 Å². The highest BCUT2D eigenvalue weighted by Crippen LogP contribution is 2.23. The largest absolute Gasteiger partial charge is 0.309 e. The van der Waals surface area contributed by atoms with Crippen LogP contribution in [-0.2, 0) is 0 Å². The molecule has 0 spiro atoms. The van der Waals surface area contributed by atoms with Crippen LogP contribution in [0.1, 0.15) is 30.3 Å². The molecule has 1 fully saturated rings. The number of rotatable bonds is 2. The predicted molar refractivity (Wildman–Crippen MR) is 56.3 cm³/mol. The molecular formula is C9H14N4S. The molecule has 2 rings (SSSR count). The van der Waals surface area contributed by atoms with Crippen LogP contribution in [0.5, 0.6) is 0 Å². The zero-order valence-corrected chi connectivity index (χ0v) is 9.27. The number of aromatic nitrogens is 3. The number of nitrogens with one attached hydrogen (secondary N) is 1. The summed E-state index contributed by atoms with van der Waals surface area (Å²) in [6.45, 7) is 3.08. The van der Waals surface area contributed by atoms with E-state index >= 15 is 0 Å². The minimum absolute atomic E-state index is 0.367. The lowest BCUT2D eigenvalue weighted by Gasteiger charge is -2.10. The molecule has 1 aromatic rings. The first-order valence-electron chi connectivity index (χ1n) is 4.80. The minimum Gasteiger partial charge on any atom is -0.309 e. The van der Waals surface area contributed by atoms with Gasteiger partial charge in [-0.1, -0.05) is 11.8 Å². The summed E-state index contributed by atoms with van der Waals surface area (Å²) in [4.78, 5) is 4.39. The molecule has 0 aromatic carbocycles. The minimum atomic E-state index is 0.367. The Bertz CT molecular complexity index is 323. The Morgan fingerprint density at radius 3 is 2.86 bits per heavy atom. The van der Waals surface area contributed by atoms with Gasteiger partial charge in [-0.25, -0.2) is 4.98 Å². The van der Waals surface area contributed by atoms with E-state index in [0.717, 1.165) is 29.5 Å². The van der Waals surface area contributed by atoms with E-state index in [0.29, 0.717) is 6.04 Å². The fourth-order valence-corrected chi connectivity index (χ4v) is 2.07. The molecule has 4 nitrogen and oxygen atoms in total. The number of hydrogen-bond donors (Lipinski definition) is 1. The van der Waals surface area contributed by atoms with E-state index in [1.54, 1.807) is 0 Å². The lowest BCUT2D eigenvalue weighted by Crippen LogP contribution is -2.17. The molecule has 0 radical (unpaired) electrons. The Labute approximate surface area is 87.9 Å². The van der Waals surface area contributed by atoms with Gasteiger partial charge in [-0.15, -0.1) is 10.2 Å². The van der Waals surface area contributed by atoms with Crippen LogP contribution in [0.15, 0.2) is 5.16 Å². The first-order chi connectivity index (χ1) is 6.81. The Kier molecular flexibility index (Phi) is 2.98. The Hall–Kier alpha value is -0.680. The number of thioether (sulfide) groups is 1. The zero-order valence-electron chi connectivity index (χ0n) is 8.45. The van der Waals surface area contributed by atoms with Crippen molar-refractivity contribution in [2.75, 3.05) is 12.8 Å². The van der Waals surface area contributed by atoms with Crippen LogP contribution in [0.4, 0.5) is 0 Å². The van der Waals surface area contributed by atoms with Gasteiger partial charge in [0.05, 0.1) is 11.7 Å². The topological polar surface area (TPSA) is 50.7 Å². The van der Waals surface area contributed by atoms with Gasteiger partial charge in [-0.2, -0.15) is 0 Å². The average molecular weight is 210 g/mol. The van der Waals surface area contributed by atoms with Gasteiger partial charge in [-0.05, 0) is 32.6 Å². The normalized spacial score (nSPS) is 21.4. The van der Waals surface area contributed by atoms with Gasteiger partial charge in [0.15, 0.2) is 0 Å². The highest BCUT2D eigenvalue weighted by atomic mass is 32.2. The van der Waals surface area contributed by atoms with Crippen molar-refractivity contribution in [3.05, 3.63) is 11.4 Å². The first kappa shape index (κ1) is 9.86. The molecule has 1 aliphatic heterocycles. The molecule has 2 heterocycles. The molecule has 0 amide bonds. The smallest absolute Gasteiger partial charge is 0.209 e. The lowest BCUT2D eigenvalue weighted by molar-refractivity contribution is 0.592. The van der Waals surface area contributed by atoms with Crippen LogP contribution in [0.25, 0.3) is 0 Å². The number of nitrogens with zero attached hydrogens (tertiary/aromatic N) is 3. The van der Waals surface area contributed by atoms with E-state index in [1.807, 2.05) is 13.2 Å². The number of hydrogen-bond acceptors (Lipinski definition) is 5. The Morgan fingerprint density at radius 2 is 2.29 bits per heavy atom. The summed E-state index contributed by atoms with van der Waals surface area (Å²) >= 11 is 1.53. The SMILES string of the molecule is CSc1nnc(C2CCCN2)c(C)n1. The van der Waals surface area contributed by atoms with Crippen molar-refractivity contribution in [1.82, 2.24) is 20.5 Å². The van der Waals surface area contributed by atoms with Crippen LogP contribution < -0.4 is 5.32 Å². The predicted octanol–water partition coefficient (Wildman–Crippen LogP) is 1.33. The summed E-state index contributed by atoms with van der Waals surface area (Å²) in [7, 11) is 0. The maximum Gasteiger partial charge on any atom is 0.209 e. The van der Waals surface area contributed by atoms with Gasteiger partial charge in [0, 0.05) is 0 Å². The van der Waals surface area contributed by atoms with Crippen LogP contribution in [0.3, 0.4) is 0 Å². The quantitative estimate of drug-likeness (QED) is 0.746. The highest BCUT2D eigenvalue weighted by molar-refractivity contribution is 7.98. The van der Waals surface area contributed by atoms with E-state index < -0.39 is 0 Å². The Morgan fingerprint density at radius 1 is 1.43 bits per heavy atom.